The number of aromatic nitrogens is 1. The molecule has 1 amide bonds. The fourth-order valence-corrected chi connectivity index (χ4v) is 2.67. The molecule has 0 radical (unpaired) electrons. The third-order valence-corrected chi connectivity index (χ3v) is 3.98. The quantitative estimate of drug-likeness (QED) is 0.889. The minimum Gasteiger partial charge on any atom is -0.496 e. The largest absolute Gasteiger partial charge is 0.496 e. The number of methoxy groups -OCH3 is 1. The Bertz CT molecular complexity index is 684. The lowest BCUT2D eigenvalue weighted by molar-refractivity contribution is 0.0707. The zero-order valence-electron chi connectivity index (χ0n) is 13.1. The summed E-state index contributed by atoms with van der Waals surface area (Å²) >= 11 is 0. The second-order valence-corrected chi connectivity index (χ2v) is 5.58. The van der Waals surface area contributed by atoms with E-state index in [1.54, 1.807) is 30.3 Å². The van der Waals surface area contributed by atoms with Gasteiger partial charge in [-0.2, -0.15) is 0 Å². The van der Waals surface area contributed by atoms with Gasteiger partial charge >= 0.3 is 0 Å². The highest BCUT2D eigenvalue weighted by atomic mass is 16.5. The zero-order valence-corrected chi connectivity index (χ0v) is 13.1. The maximum atomic E-state index is 12.8. The zero-order chi connectivity index (χ0) is 16.2. The molecular formula is C18H20N2O3. The first-order chi connectivity index (χ1) is 11.2. The van der Waals surface area contributed by atoms with Crippen molar-refractivity contribution in [1.29, 1.82) is 0 Å². The molecule has 1 fully saturated rings. The van der Waals surface area contributed by atoms with Crippen LogP contribution in [0.25, 0.3) is 11.3 Å². The van der Waals surface area contributed by atoms with E-state index in [1.807, 2.05) is 24.3 Å². The molecule has 1 saturated carbocycles. The summed E-state index contributed by atoms with van der Waals surface area (Å²) in [7, 11) is 1.60. The first-order valence-corrected chi connectivity index (χ1v) is 7.76. The number of hydrogen-bond acceptors (Lipinski definition) is 4. The van der Waals surface area contributed by atoms with E-state index in [4.69, 9.17) is 4.74 Å². The van der Waals surface area contributed by atoms with Crippen molar-refractivity contribution in [2.24, 2.45) is 0 Å². The number of nitrogens with zero attached hydrogens (tertiary/aromatic N) is 2. The molecule has 1 N–H and O–H groups in total. The van der Waals surface area contributed by atoms with E-state index in [0.717, 1.165) is 24.1 Å². The van der Waals surface area contributed by atoms with Crippen molar-refractivity contribution >= 4 is 5.91 Å². The molecule has 1 aliphatic carbocycles. The molecular weight excluding hydrogens is 292 g/mol. The Labute approximate surface area is 135 Å². The van der Waals surface area contributed by atoms with Crippen molar-refractivity contribution < 1.29 is 14.6 Å². The highest BCUT2D eigenvalue weighted by Gasteiger charge is 2.32. The molecule has 120 valence electrons. The normalized spacial score (nSPS) is 13.7. The summed E-state index contributed by atoms with van der Waals surface area (Å²) in [4.78, 5) is 18.8. The highest BCUT2D eigenvalue weighted by molar-refractivity contribution is 5.96. The fraction of sp³-hybridized carbons (Fsp3) is 0.333. The summed E-state index contributed by atoms with van der Waals surface area (Å²) in [6.45, 7) is 0.347. The van der Waals surface area contributed by atoms with Gasteiger partial charge in [-0.15, -0.1) is 0 Å². The molecule has 0 spiro atoms. The van der Waals surface area contributed by atoms with Crippen LogP contribution in [0.1, 0.15) is 23.2 Å². The van der Waals surface area contributed by atoms with Gasteiger partial charge in [0.05, 0.1) is 19.4 Å². The van der Waals surface area contributed by atoms with Crippen LogP contribution in [0.3, 0.4) is 0 Å². The molecule has 1 aromatic heterocycles. The number of ether oxygens (including phenoxy) is 1. The van der Waals surface area contributed by atoms with Gasteiger partial charge in [0.2, 0.25) is 0 Å². The second kappa shape index (κ2) is 6.79. The van der Waals surface area contributed by atoms with Crippen LogP contribution in [0, 0.1) is 0 Å². The number of hydrogen-bond donors (Lipinski definition) is 1. The van der Waals surface area contributed by atoms with Crippen LogP contribution in [-0.2, 0) is 0 Å². The Kier molecular flexibility index (Phi) is 4.57. The number of pyridine rings is 1. The van der Waals surface area contributed by atoms with Gasteiger partial charge in [0.1, 0.15) is 5.75 Å². The molecule has 1 aromatic carbocycles. The lowest BCUT2D eigenvalue weighted by Crippen LogP contribution is -2.35. The number of benzene rings is 1. The lowest BCUT2D eigenvalue weighted by atomic mass is 10.0. The number of carbonyl (C=O) groups is 1. The predicted octanol–water partition coefficient (Wildman–Crippen LogP) is 2.35. The molecule has 23 heavy (non-hydrogen) atoms. The second-order valence-electron chi connectivity index (χ2n) is 5.58. The standard InChI is InChI=1S/C18H20N2O3/c1-23-17-8-5-13(12-15(17)16-4-2-3-9-19-16)18(22)20(10-11-21)14-6-7-14/h2-5,8-9,12,14,21H,6-7,10-11H2,1H3. The van der Waals surface area contributed by atoms with Gasteiger partial charge in [-0.1, -0.05) is 6.07 Å². The minimum atomic E-state index is -0.0543. The van der Waals surface area contributed by atoms with E-state index in [0.29, 0.717) is 17.9 Å². The summed E-state index contributed by atoms with van der Waals surface area (Å²) in [6.07, 6.45) is 3.73. The van der Waals surface area contributed by atoms with E-state index < -0.39 is 0 Å². The number of carbonyl (C=O) groups excluding carboxylic acids is 1. The van der Waals surface area contributed by atoms with Gasteiger partial charge in [-0.3, -0.25) is 9.78 Å². The Hall–Kier alpha value is -2.40. The summed E-state index contributed by atoms with van der Waals surface area (Å²) in [5, 5.41) is 9.20. The van der Waals surface area contributed by atoms with Crippen LogP contribution in [0.2, 0.25) is 0 Å². The van der Waals surface area contributed by atoms with E-state index >= 15 is 0 Å². The smallest absolute Gasteiger partial charge is 0.254 e. The average molecular weight is 312 g/mol. The molecule has 0 atom stereocenters. The van der Waals surface area contributed by atoms with Crippen LogP contribution in [0.15, 0.2) is 42.6 Å². The van der Waals surface area contributed by atoms with Crippen molar-refractivity contribution in [3.05, 3.63) is 48.2 Å². The van der Waals surface area contributed by atoms with Crippen molar-refractivity contribution in [2.75, 3.05) is 20.3 Å². The number of amides is 1. The molecule has 3 rings (SSSR count). The summed E-state index contributed by atoms with van der Waals surface area (Å²) in [5.41, 5.74) is 2.14. The topological polar surface area (TPSA) is 62.7 Å². The molecule has 5 heteroatoms. The first-order valence-electron chi connectivity index (χ1n) is 7.76. The van der Waals surface area contributed by atoms with Gasteiger partial charge < -0.3 is 14.7 Å². The molecule has 2 aromatic rings. The van der Waals surface area contributed by atoms with Crippen LogP contribution in [0.5, 0.6) is 5.75 Å². The van der Waals surface area contributed by atoms with E-state index in [1.165, 1.54) is 0 Å². The highest BCUT2D eigenvalue weighted by Crippen LogP contribution is 2.32. The lowest BCUT2D eigenvalue weighted by Gasteiger charge is -2.22. The third-order valence-electron chi connectivity index (χ3n) is 3.98. The van der Waals surface area contributed by atoms with Gasteiger partial charge in [-0.25, -0.2) is 0 Å². The monoisotopic (exact) mass is 312 g/mol. The Morgan fingerprint density at radius 2 is 2.17 bits per heavy atom. The summed E-state index contributed by atoms with van der Waals surface area (Å²) in [5.74, 6) is 0.627. The van der Waals surface area contributed by atoms with Crippen LogP contribution in [-0.4, -0.2) is 47.2 Å². The van der Waals surface area contributed by atoms with Gasteiger partial charge in [0.15, 0.2) is 0 Å². The van der Waals surface area contributed by atoms with Crippen molar-refractivity contribution in [3.8, 4) is 17.0 Å². The Balaban J connectivity index is 1.95. The van der Waals surface area contributed by atoms with Gasteiger partial charge in [-0.05, 0) is 43.2 Å². The van der Waals surface area contributed by atoms with E-state index in [-0.39, 0.29) is 18.6 Å². The van der Waals surface area contributed by atoms with E-state index in [2.05, 4.69) is 4.98 Å². The van der Waals surface area contributed by atoms with Crippen molar-refractivity contribution in [3.63, 3.8) is 0 Å². The van der Waals surface area contributed by atoms with E-state index in [9.17, 15) is 9.90 Å². The molecule has 0 saturated heterocycles. The molecule has 1 heterocycles. The summed E-state index contributed by atoms with van der Waals surface area (Å²) in [6, 6.07) is 11.3. The predicted molar refractivity (Wildman–Crippen MR) is 87.4 cm³/mol. The van der Waals surface area contributed by atoms with Crippen molar-refractivity contribution in [2.45, 2.75) is 18.9 Å². The third kappa shape index (κ3) is 3.35. The van der Waals surface area contributed by atoms with Crippen molar-refractivity contribution in [1.82, 2.24) is 9.88 Å². The van der Waals surface area contributed by atoms with Crippen LogP contribution >= 0.6 is 0 Å². The molecule has 0 bridgehead atoms. The average Bonchev–Trinajstić information content (AvgIpc) is 3.44. The number of rotatable bonds is 6. The minimum absolute atomic E-state index is 0.0223. The Morgan fingerprint density at radius 3 is 2.78 bits per heavy atom. The van der Waals surface area contributed by atoms with Gasteiger partial charge in [0.25, 0.3) is 5.91 Å². The SMILES string of the molecule is COc1ccc(C(=O)N(CCO)C2CC2)cc1-c1ccccn1. The molecule has 1 aliphatic rings. The fourth-order valence-electron chi connectivity index (χ4n) is 2.67. The first kappa shape index (κ1) is 15.5. The molecule has 5 nitrogen and oxygen atoms in total. The maximum absolute atomic E-state index is 12.8. The Morgan fingerprint density at radius 1 is 1.35 bits per heavy atom. The number of aliphatic hydroxyl groups excluding tert-OH is 1. The maximum Gasteiger partial charge on any atom is 0.254 e. The summed E-state index contributed by atoms with van der Waals surface area (Å²) < 4.78 is 5.40. The van der Waals surface area contributed by atoms with Crippen LogP contribution < -0.4 is 4.74 Å². The number of aliphatic hydroxyl groups is 1. The van der Waals surface area contributed by atoms with Gasteiger partial charge in [0, 0.05) is 29.9 Å². The molecule has 0 unspecified atom stereocenters. The van der Waals surface area contributed by atoms with Crippen LogP contribution in [0.4, 0.5) is 0 Å². The molecule has 0 aliphatic heterocycles.